The Morgan fingerprint density at radius 3 is 2.77 bits per heavy atom. The molecule has 0 unspecified atom stereocenters. The number of aromatic nitrogens is 2. The normalized spacial score (nSPS) is 13.0. The van der Waals surface area contributed by atoms with Crippen LogP contribution in [0.4, 0.5) is 0 Å². The minimum absolute atomic E-state index is 0.120. The summed E-state index contributed by atoms with van der Waals surface area (Å²) in [5.41, 5.74) is 3.32. The van der Waals surface area contributed by atoms with E-state index in [9.17, 15) is 4.79 Å². The van der Waals surface area contributed by atoms with Gasteiger partial charge >= 0.3 is 0 Å². The fraction of sp³-hybridized carbons (Fsp3) is 0.304. The van der Waals surface area contributed by atoms with Crippen molar-refractivity contribution >= 4 is 17.7 Å². The van der Waals surface area contributed by atoms with Gasteiger partial charge in [0.05, 0.1) is 18.8 Å². The Morgan fingerprint density at radius 2 is 1.93 bits per heavy atom. The van der Waals surface area contributed by atoms with E-state index >= 15 is 0 Å². The monoisotopic (exact) mass is 423 g/mol. The second kappa shape index (κ2) is 9.71. The largest absolute Gasteiger partial charge is 0.490 e. The molecule has 2 aromatic carbocycles. The maximum Gasteiger partial charge on any atom is 0.255 e. The van der Waals surface area contributed by atoms with Crippen molar-refractivity contribution in [2.24, 2.45) is 7.05 Å². The molecule has 2 heterocycles. The van der Waals surface area contributed by atoms with Crippen molar-refractivity contribution in [3.8, 4) is 22.8 Å². The lowest BCUT2D eigenvalue weighted by molar-refractivity contribution is 0.0956. The summed E-state index contributed by atoms with van der Waals surface area (Å²) >= 11 is 1.80. The van der Waals surface area contributed by atoms with Crippen LogP contribution in [0.3, 0.4) is 0 Å². The molecule has 1 N–H and O–H groups in total. The lowest BCUT2D eigenvalue weighted by atomic mass is 10.1. The number of amides is 1. The minimum atomic E-state index is -0.120. The molecule has 1 aliphatic rings. The van der Waals surface area contributed by atoms with Crippen LogP contribution in [0, 0.1) is 0 Å². The van der Waals surface area contributed by atoms with Crippen LogP contribution in [0.25, 0.3) is 11.3 Å². The van der Waals surface area contributed by atoms with Crippen molar-refractivity contribution in [1.82, 2.24) is 15.1 Å². The fourth-order valence-electron chi connectivity index (χ4n) is 3.27. The highest BCUT2D eigenvalue weighted by Gasteiger charge is 2.19. The van der Waals surface area contributed by atoms with Crippen LogP contribution in [0.1, 0.15) is 22.3 Å². The Kier molecular flexibility index (Phi) is 6.59. The summed E-state index contributed by atoms with van der Waals surface area (Å²) in [6, 6.07) is 16.0. The molecule has 0 aliphatic carbocycles. The molecule has 3 aromatic rings. The summed E-state index contributed by atoms with van der Waals surface area (Å²) in [6.07, 6.45) is 2.61. The third kappa shape index (κ3) is 4.97. The van der Waals surface area contributed by atoms with Gasteiger partial charge in [0.15, 0.2) is 11.5 Å². The molecule has 4 rings (SSSR count). The second-order valence-corrected chi connectivity index (χ2v) is 8.18. The number of ether oxygens (including phenoxy) is 2. The molecule has 0 atom stereocenters. The van der Waals surface area contributed by atoms with Gasteiger partial charge in [-0.1, -0.05) is 30.3 Å². The van der Waals surface area contributed by atoms with Gasteiger partial charge in [-0.2, -0.15) is 16.9 Å². The average molecular weight is 424 g/mol. The third-order valence-electron chi connectivity index (χ3n) is 4.74. The van der Waals surface area contributed by atoms with Gasteiger partial charge < -0.3 is 14.8 Å². The molecule has 1 aliphatic heterocycles. The highest BCUT2D eigenvalue weighted by atomic mass is 32.2. The van der Waals surface area contributed by atoms with Gasteiger partial charge in [-0.25, -0.2) is 0 Å². The van der Waals surface area contributed by atoms with Gasteiger partial charge in [0, 0.05) is 43.3 Å². The first-order valence-corrected chi connectivity index (χ1v) is 11.2. The van der Waals surface area contributed by atoms with E-state index in [1.807, 2.05) is 43.4 Å². The van der Waals surface area contributed by atoms with Gasteiger partial charge in [0.25, 0.3) is 5.91 Å². The van der Waals surface area contributed by atoms with Crippen LogP contribution >= 0.6 is 11.8 Å². The van der Waals surface area contributed by atoms with E-state index in [2.05, 4.69) is 22.5 Å². The molecule has 1 amide bonds. The van der Waals surface area contributed by atoms with Crippen LogP contribution in [-0.2, 0) is 12.8 Å². The van der Waals surface area contributed by atoms with E-state index in [-0.39, 0.29) is 5.91 Å². The number of rotatable bonds is 7. The van der Waals surface area contributed by atoms with Gasteiger partial charge in [0.1, 0.15) is 5.69 Å². The highest BCUT2D eigenvalue weighted by Crippen LogP contribution is 2.34. The van der Waals surface area contributed by atoms with E-state index in [1.165, 1.54) is 5.56 Å². The molecule has 7 heteroatoms. The lowest BCUT2D eigenvalue weighted by Gasteiger charge is -2.09. The number of nitrogens with one attached hydrogen (secondary N) is 1. The molecule has 0 radical (unpaired) electrons. The molecule has 0 saturated heterocycles. The van der Waals surface area contributed by atoms with Crippen LogP contribution in [0.5, 0.6) is 11.5 Å². The van der Waals surface area contributed by atoms with E-state index in [4.69, 9.17) is 9.47 Å². The third-order valence-corrected chi connectivity index (χ3v) is 5.77. The molecule has 0 fully saturated rings. The number of nitrogens with zero attached hydrogens (tertiary/aromatic N) is 2. The zero-order valence-corrected chi connectivity index (χ0v) is 17.8. The topological polar surface area (TPSA) is 65.4 Å². The number of aryl methyl sites for hydroxylation is 1. The van der Waals surface area contributed by atoms with Crippen molar-refractivity contribution in [1.29, 1.82) is 0 Å². The first-order valence-electron chi connectivity index (χ1n) is 10.0. The predicted molar refractivity (Wildman–Crippen MR) is 119 cm³/mol. The fourth-order valence-corrected chi connectivity index (χ4v) is 4.09. The zero-order valence-electron chi connectivity index (χ0n) is 17.0. The quantitative estimate of drug-likeness (QED) is 0.584. The minimum Gasteiger partial charge on any atom is -0.490 e. The first kappa shape index (κ1) is 20.3. The SMILES string of the molecule is Cn1cc(C(=O)NCCSCc2ccccc2)c(-c2ccc3c(c2)OCCCO3)n1. The summed E-state index contributed by atoms with van der Waals surface area (Å²) in [5.74, 6) is 3.09. The van der Waals surface area contributed by atoms with Gasteiger partial charge in [0.2, 0.25) is 0 Å². The Labute approximate surface area is 180 Å². The first-order chi connectivity index (χ1) is 14.7. The van der Waals surface area contributed by atoms with Crippen LogP contribution in [0.15, 0.2) is 54.7 Å². The van der Waals surface area contributed by atoms with E-state index in [0.717, 1.165) is 29.2 Å². The maximum atomic E-state index is 12.8. The Hall–Kier alpha value is -2.93. The molecule has 30 heavy (non-hydrogen) atoms. The lowest BCUT2D eigenvalue weighted by Crippen LogP contribution is -2.26. The molecule has 0 saturated carbocycles. The van der Waals surface area contributed by atoms with Gasteiger partial charge in [-0.15, -0.1) is 0 Å². The Bertz CT molecular complexity index is 1000. The molecule has 6 nitrogen and oxygen atoms in total. The molecule has 0 bridgehead atoms. The number of carbonyl (C=O) groups excluding carboxylic acids is 1. The summed E-state index contributed by atoms with van der Waals surface area (Å²) in [6.45, 7) is 1.87. The van der Waals surface area contributed by atoms with Gasteiger partial charge in [-0.05, 0) is 23.8 Å². The predicted octanol–water partition coefficient (Wildman–Crippen LogP) is 3.91. The number of hydrogen-bond donors (Lipinski definition) is 1. The molecule has 0 spiro atoms. The summed E-state index contributed by atoms with van der Waals surface area (Å²) in [5, 5.41) is 7.52. The molecular formula is C23H25N3O3S. The molecule has 1 aromatic heterocycles. The summed E-state index contributed by atoms with van der Waals surface area (Å²) < 4.78 is 13.1. The van der Waals surface area contributed by atoms with Gasteiger partial charge in [-0.3, -0.25) is 9.48 Å². The maximum absolute atomic E-state index is 12.8. The number of fused-ring (bicyclic) bond motifs is 1. The van der Waals surface area contributed by atoms with Crippen LogP contribution < -0.4 is 14.8 Å². The molecule has 156 valence electrons. The van der Waals surface area contributed by atoms with Crippen molar-refractivity contribution in [2.75, 3.05) is 25.5 Å². The standard InChI is InChI=1S/C23H25N3O3S/c1-26-15-19(23(27)24-10-13-30-16-17-6-3-2-4-7-17)22(25-26)18-8-9-20-21(14-18)29-12-5-11-28-20/h2-4,6-9,14-15H,5,10-13,16H2,1H3,(H,24,27). The van der Waals surface area contributed by atoms with Crippen molar-refractivity contribution in [3.63, 3.8) is 0 Å². The Morgan fingerprint density at radius 1 is 1.13 bits per heavy atom. The molecular weight excluding hydrogens is 398 g/mol. The number of benzene rings is 2. The van der Waals surface area contributed by atoms with Crippen molar-refractivity contribution in [2.45, 2.75) is 12.2 Å². The second-order valence-electron chi connectivity index (χ2n) is 7.07. The Balaban J connectivity index is 1.39. The highest BCUT2D eigenvalue weighted by molar-refractivity contribution is 7.98. The smallest absolute Gasteiger partial charge is 0.255 e. The van der Waals surface area contributed by atoms with E-state index in [0.29, 0.717) is 36.8 Å². The van der Waals surface area contributed by atoms with Crippen LogP contribution in [0.2, 0.25) is 0 Å². The average Bonchev–Trinajstić information content (AvgIpc) is 3.01. The number of hydrogen-bond acceptors (Lipinski definition) is 5. The van der Waals surface area contributed by atoms with Crippen LogP contribution in [-0.4, -0.2) is 41.2 Å². The number of thioether (sulfide) groups is 1. The number of carbonyl (C=O) groups is 1. The van der Waals surface area contributed by atoms with Crippen molar-refractivity contribution in [3.05, 3.63) is 65.9 Å². The van der Waals surface area contributed by atoms with E-state index in [1.54, 1.807) is 22.6 Å². The zero-order chi connectivity index (χ0) is 20.8. The summed E-state index contributed by atoms with van der Waals surface area (Å²) in [7, 11) is 1.82. The van der Waals surface area contributed by atoms with Crippen molar-refractivity contribution < 1.29 is 14.3 Å². The van der Waals surface area contributed by atoms with E-state index < -0.39 is 0 Å². The summed E-state index contributed by atoms with van der Waals surface area (Å²) in [4.78, 5) is 12.8.